The van der Waals surface area contributed by atoms with Crippen LogP contribution in [0.2, 0.25) is 0 Å². The SMILES string of the molecule is CN1CC[C@@]23c4c5ccc(O)c4OC2C(=O)CCC3C1C5. The van der Waals surface area contributed by atoms with Crippen LogP contribution in [0.3, 0.4) is 0 Å². The fraction of sp³-hybridized carbons (Fsp3) is 0.588. The normalized spacial score (nSPS) is 39.9. The summed E-state index contributed by atoms with van der Waals surface area (Å²) in [6.07, 6.45) is 3.18. The molecule has 2 fully saturated rings. The number of ether oxygens (including phenoxy) is 1. The Labute approximate surface area is 123 Å². The van der Waals surface area contributed by atoms with Crippen LogP contribution in [0, 0.1) is 5.92 Å². The number of hydrogen-bond acceptors (Lipinski definition) is 4. The molecule has 1 saturated heterocycles. The number of ketones is 1. The van der Waals surface area contributed by atoms with Crippen molar-refractivity contribution in [1.29, 1.82) is 0 Å². The number of likely N-dealkylation sites (tertiary alicyclic amines) is 1. The molecule has 1 spiro atoms. The minimum absolute atomic E-state index is 0.172. The van der Waals surface area contributed by atoms with Gasteiger partial charge in [-0.2, -0.15) is 0 Å². The Bertz CT molecular complexity index is 670. The van der Waals surface area contributed by atoms with Gasteiger partial charge in [0.25, 0.3) is 0 Å². The zero-order valence-corrected chi connectivity index (χ0v) is 12.1. The molecule has 0 radical (unpaired) electrons. The lowest BCUT2D eigenvalue weighted by Crippen LogP contribution is -2.65. The second-order valence-electron chi connectivity index (χ2n) is 7.10. The van der Waals surface area contributed by atoms with Crippen LogP contribution in [-0.2, 0) is 16.6 Å². The third kappa shape index (κ3) is 1.20. The monoisotopic (exact) mass is 285 g/mol. The first-order valence-corrected chi connectivity index (χ1v) is 7.88. The molecule has 0 aromatic heterocycles. The van der Waals surface area contributed by atoms with E-state index in [1.165, 1.54) is 5.56 Å². The topological polar surface area (TPSA) is 49.8 Å². The molecule has 0 amide bonds. The van der Waals surface area contributed by atoms with Gasteiger partial charge in [-0.05, 0) is 50.4 Å². The Kier molecular flexibility index (Phi) is 2.07. The lowest BCUT2D eigenvalue weighted by atomic mass is 9.52. The Morgan fingerprint density at radius 1 is 1.43 bits per heavy atom. The molecule has 21 heavy (non-hydrogen) atoms. The first-order valence-electron chi connectivity index (χ1n) is 7.88. The van der Waals surface area contributed by atoms with Gasteiger partial charge in [0.05, 0.1) is 0 Å². The number of phenols is 1. The highest BCUT2D eigenvalue weighted by molar-refractivity contribution is 5.89. The number of aromatic hydroxyl groups is 1. The summed E-state index contributed by atoms with van der Waals surface area (Å²) in [6, 6.07) is 4.26. The Hall–Kier alpha value is -1.55. The van der Waals surface area contributed by atoms with Gasteiger partial charge in [0, 0.05) is 23.4 Å². The second kappa shape index (κ2) is 3.61. The van der Waals surface area contributed by atoms with Crippen molar-refractivity contribution in [3.05, 3.63) is 23.3 Å². The van der Waals surface area contributed by atoms with Crippen LogP contribution < -0.4 is 4.74 Å². The van der Waals surface area contributed by atoms with E-state index in [-0.39, 0.29) is 23.1 Å². The van der Waals surface area contributed by atoms with E-state index in [1.807, 2.05) is 6.07 Å². The van der Waals surface area contributed by atoms with Gasteiger partial charge in [-0.15, -0.1) is 0 Å². The van der Waals surface area contributed by atoms with Crippen molar-refractivity contribution in [2.45, 2.75) is 43.2 Å². The number of carbonyl (C=O) groups is 1. The van der Waals surface area contributed by atoms with E-state index in [4.69, 9.17) is 4.74 Å². The van der Waals surface area contributed by atoms with Gasteiger partial charge in [-0.3, -0.25) is 4.79 Å². The van der Waals surface area contributed by atoms with Crippen LogP contribution >= 0.6 is 0 Å². The average Bonchev–Trinajstić information content (AvgIpc) is 2.83. The van der Waals surface area contributed by atoms with E-state index < -0.39 is 0 Å². The molecule has 1 aromatic carbocycles. The van der Waals surface area contributed by atoms with Gasteiger partial charge in [0.2, 0.25) is 0 Å². The third-order valence-electron chi connectivity index (χ3n) is 6.39. The van der Waals surface area contributed by atoms with Gasteiger partial charge in [0.1, 0.15) is 0 Å². The van der Waals surface area contributed by atoms with Gasteiger partial charge in [-0.1, -0.05) is 6.07 Å². The van der Waals surface area contributed by atoms with Crippen molar-refractivity contribution in [3.8, 4) is 11.5 Å². The summed E-state index contributed by atoms with van der Waals surface area (Å²) in [5.74, 6) is 1.50. The third-order valence-corrected chi connectivity index (χ3v) is 6.39. The predicted molar refractivity (Wildman–Crippen MR) is 76.7 cm³/mol. The van der Waals surface area contributed by atoms with Gasteiger partial charge in [-0.25, -0.2) is 0 Å². The standard InChI is InChI=1S/C17H19NO3/c1-18-7-6-17-10-3-5-13(20)16(17)21-15-12(19)4-2-9(14(15)17)8-11(10)18/h2,4,10-11,16,19H,3,5-8H2,1H3/t10?,11?,16?,17-/m1/s1. The number of Topliss-reactive ketones (excluding diaryl/α,β-unsaturated/α-hetero) is 1. The van der Waals surface area contributed by atoms with Crippen LogP contribution in [0.1, 0.15) is 30.4 Å². The summed E-state index contributed by atoms with van der Waals surface area (Å²) in [6.45, 7) is 1.00. The van der Waals surface area contributed by atoms with Gasteiger partial charge < -0.3 is 14.7 Å². The molecule has 2 bridgehead atoms. The highest BCUT2D eigenvalue weighted by Crippen LogP contribution is 2.62. The summed E-state index contributed by atoms with van der Waals surface area (Å²) in [4.78, 5) is 14.9. The van der Waals surface area contributed by atoms with E-state index in [0.717, 1.165) is 31.4 Å². The largest absolute Gasteiger partial charge is 0.504 e. The molecule has 5 rings (SSSR count). The molecule has 2 heterocycles. The van der Waals surface area contributed by atoms with Crippen molar-refractivity contribution < 1.29 is 14.6 Å². The van der Waals surface area contributed by atoms with E-state index in [9.17, 15) is 9.90 Å². The quantitative estimate of drug-likeness (QED) is 0.787. The molecular formula is C17H19NO3. The molecular weight excluding hydrogens is 266 g/mol. The maximum Gasteiger partial charge on any atom is 0.174 e. The molecule has 4 aliphatic rings. The predicted octanol–water partition coefficient (Wildman–Crippen LogP) is 1.63. The first-order chi connectivity index (χ1) is 10.1. The molecule has 4 heteroatoms. The number of nitrogens with zero attached hydrogens (tertiary/aromatic N) is 1. The summed E-state index contributed by atoms with van der Waals surface area (Å²) < 4.78 is 6.04. The van der Waals surface area contributed by atoms with E-state index >= 15 is 0 Å². The number of carbonyl (C=O) groups excluding carboxylic acids is 1. The van der Waals surface area contributed by atoms with Crippen molar-refractivity contribution in [3.63, 3.8) is 0 Å². The maximum atomic E-state index is 12.5. The lowest BCUT2D eigenvalue weighted by Gasteiger charge is -2.57. The molecule has 2 aliphatic heterocycles. The zero-order valence-electron chi connectivity index (χ0n) is 12.1. The van der Waals surface area contributed by atoms with Crippen molar-refractivity contribution in [2.75, 3.05) is 13.6 Å². The van der Waals surface area contributed by atoms with Crippen LogP contribution in [0.4, 0.5) is 0 Å². The van der Waals surface area contributed by atoms with Crippen molar-refractivity contribution >= 4 is 5.78 Å². The number of benzene rings is 1. The molecule has 1 N–H and O–H groups in total. The van der Waals surface area contributed by atoms with Crippen molar-refractivity contribution in [1.82, 2.24) is 4.90 Å². The smallest absolute Gasteiger partial charge is 0.174 e. The van der Waals surface area contributed by atoms with Crippen LogP contribution in [0.25, 0.3) is 0 Å². The molecule has 1 saturated carbocycles. The second-order valence-corrected chi connectivity index (χ2v) is 7.10. The molecule has 110 valence electrons. The summed E-state index contributed by atoms with van der Waals surface area (Å²) in [7, 11) is 2.20. The number of phenolic OH excluding ortho intramolecular Hbond substituents is 1. The summed E-state index contributed by atoms with van der Waals surface area (Å²) in [5, 5.41) is 10.2. The zero-order chi connectivity index (χ0) is 14.4. The molecule has 1 aromatic rings. The number of hydrogen-bond donors (Lipinski definition) is 1. The van der Waals surface area contributed by atoms with E-state index in [2.05, 4.69) is 11.9 Å². The molecule has 4 nitrogen and oxygen atoms in total. The van der Waals surface area contributed by atoms with Crippen LogP contribution in [-0.4, -0.2) is 41.5 Å². The van der Waals surface area contributed by atoms with Gasteiger partial charge in [0.15, 0.2) is 23.4 Å². The van der Waals surface area contributed by atoms with Crippen molar-refractivity contribution in [2.24, 2.45) is 5.92 Å². The average molecular weight is 285 g/mol. The Morgan fingerprint density at radius 2 is 2.29 bits per heavy atom. The Morgan fingerprint density at radius 3 is 3.14 bits per heavy atom. The minimum Gasteiger partial charge on any atom is -0.504 e. The first kappa shape index (κ1) is 12.0. The number of piperidine rings is 1. The number of rotatable bonds is 0. The lowest BCUT2D eigenvalue weighted by molar-refractivity contribution is -0.138. The van der Waals surface area contributed by atoms with Crippen LogP contribution in [0.5, 0.6) is 11.5 Å². The van der Waals surface area contributed by atoms with E-state index in [1.54, 1.807) is 6.07 Å². The highest BCUT2D eigenvalue weighted by atomic mass is 16.5. The fourth-order valence-electron chi connectivity index (χ4n) is 5.52. The highest BCUT2D eigenvalue weighted by Gasteiger charge is 2.65. The molecule has 4 atom stereocenters. The summed E-state index contributed by atoms with van der Waals surface area (Å²) >= 11 is 0. The minimum atomic E-state index is -0.366. The van der Waals surface area contributed by atoms with E-state index in [0.29, 0.717) is 24.1 Å². The van der Waals surface area contributed by atoms with Crippen LogP contribution in [0.15, 0.2) is 12.1 Å². The Balaban J connectivity index is 1.83. The molecule has 3 unspecified atom stereocenters. The fourth-order valence-corrected chi connectivity index (χ4v) is 5.52. The number of likely N-dealkylation sites (N-methyl/N-ethyl adjacent to an activating group) is 1. The van der Waals surface area contributed by atoms with Gasteiger partial charge >= 0.3 is 0 Å². The summed E-state index contributed by atoms with van der Waals surface area (Å²) in [5.41, 5.74) is 2.26. The molecule has 2 aliphatic carbocycles. The maximum absolute atomic E-state index is 12.5.